The normalized spacial score (nSPS) is 11.1. The number of aliphatic imine (C=N–C) groups is 1. The van der Waals surface area contributed by atoms with Gasteiger partial charge in [-0.25, -0.2) is 9.98 Å². The standard InChI is InChI=1S/C22H24N4O3/c1-27-13-14-28-21-17(7-6-12-24-21)16-25-22(23)26-18-8-5-11-20(15-18)29-19-9-3-2-4-10-19/h2-12,15H,13-14,16H2,1H3,(H3,23,25,26). The number of nitrogens with two attached hydrogens (primary N) is 1. The van der Waals surface area contributed by atoms with E-state index in [4.69, 9.17) is 19.9 Å². The summed E-state index contributed by atoms with van der Waals surface area (Å²) in [4.78, 5) is 8.62. The number of benzene rings is 2. The molecule has 150 valence electrons. The van der Waals surface area contributed by atoms with E-state index in [1.165, 1.54) is 0 Å². The number of aromatic nitrogens is 1. The average molecular weight is 392 g/mol. The SMILES string of the molecule is COCCOc1ncccc1CN=C(N)Nc1cccc(Oc2ccccc2)c1. The molecular formula is C22H24N4O3. The van der Waals surface area contributed by atoms with Gasteiger partial charge >= 0.3 is 0 Å². The Hall–Kier alpha value is -3.58. The molecule has 0 aliphatic rings. The number of ether oxygens (including phenoxy) is 3. The highest BCUT2D eigenvalue weighted by Gasteiger charge is 2.05. The molecule has 3 aromatic rings. The highest BCUT2D eigenvalue weighted by Crippen LogP contribution is 2.23. The largest absolute Gasteiger partial charge is 0.475 e. The van der Waals surface area contributed by atoms with Crippen LogP contribution >= 0.6 is 0 Å². The van der Waals surface area contributed by atoms with Gasteiger partial charge in [-0.2, -0.15) is 0 Å². The smallest absolute Gasteiger partial charge is 0.218 e. The predicted octanol–water partition coefficient (Wildman–Crippen LogP) is 3.83. The van der Waals surface area contributed by atoms with Crippen LogP contribution in [0.3, 0.4) is 0 Å². The van der Waals surface area contributed by atoms with Gasteiger partial charge in [0.05, 0.1) is 13.2 Å². The molecule has 0 aliphatic heterocycles. The monoisotopic (exact) mass is 392 g/mol. The first kappa shape index (κ1) is 20.2. The molecule has 3 rings (SSSR count). The molecule has 7 nitrogen and oxygen atoms in total. The number of anilines is 1. The first-order chi connectivity index (χ1) is 14.2. The Morgan fingerprint density at radius 3 is 2.66 bits per heavy atom. The van der Waals surface area contributed by atoms with Crippen LogP contribution in [0, 0.1) is 0 Å². The molecule has 7 heteroatoms. The minimum Gasteiger partial charge on any atom is -0.475 e. The van der Waals surface area contributed by atoms with Gasteiger partial charge < -0.3 is 25.3 Å². The Morgan fingerprint density at radius 1 is 1.00 bits per heavy atom. The number of guanidine groups is 1. The fourth-order valence-electron chi connectivity index (χ4n) is 2.52. The molecule has 0 saturated heterocycles. The van der Waals surface area contributed by atoms with E-state index in [-0.39, 0.29) is 5.96 Å². The van der Waals surface area contributed by atoms with Gasteiger partial charge in [0, 0.05) is 30.6 Å². The highest BCUT2D eigenvalue weighted by molar-refractivity contribution is 5.92. The molecule has 0 saturated carbocycles. The summed E-state index contributed by atoms with van der Waals surface area (Å²) in [6, 6.07) is 20.8. The van der Waals surface area contributed by atoms with E-state index >= 15 is 0 Å². The summed E-state index contributed by atoms with van der Waals surface area (Å²) in [6.07, 6.45) is 1.68. The van der Waals surface area contributed by atoms with Gasteiger partial charge in [0.2, 0.25) is 5.88 Å². The molecule has 3 N–H and O–H groups in total. The number of pyridine rings is 1. The number of nitrogens with zero attached hydrogens (tertiary/aromatic N) is 2. The van der Waals surface area contributed by atoms with Crippen LogP contribution in [0.15, 0.2) is 77.9 Å². The van der Waals surface area contributed by atoms with E-state index in [9.17, 15) is 0 Å². The predicted molar refractivity (Wildman–Crippen MR) is 114 cm³/mol. The fourth-order valence-corrected chi connectivity index (χ4v) is 2.52. The molecule has 29 heavy (non-hydrogen) atoms. The van der Waals surface area contributed by atoms with Gasteiger partial charge in [0.15, 0.2) is 5.96 Å². The summed E-state index contributed by atoms with van der Waals surface area (Å²) in [5, 5.41) is 3.08. The van der Waals surface area contributed by atoms with Crippen LogP contribution in [0.4, 0.5) is 5.69 Å². The van der Waals surface area contributed by atoms with Crippen molar-refractivity contribution in [3.05, 3.63) is 78.5 Å². The van der Waals surface area contributed by atoms with E-state index in [1.807, 2.05) is 66.7 Å². The lowest BCUT2D eigenvalue weighted by Gasteiger charge is -2.10. The van der Waals surface area contributed by atoms with Crippen molar-refractivity contribution in [2.24, 2.45) is 10.7 Å². The van der Waals surface area contributed by atoms with Crippen molar-refractivity contribution in [3.63, 3.8) is 0 Å². The lowest BCUT2D eigenvalue weighted by Crippen LogP contribution is -2.22. The summed E-state index contributed by atoms with van der Waals surface area (Å²) >= 11 is 0. The molecule has 1 aromatic heterocycles. The minimum absolute atomic E-state index is 0.286. The maximum atomic E-state index is 6.04. The van der Waals surface area contributed by atoms with Gasteiger partial charge in [-0.1, -0.05) is 30.3 Å². The molecule has 2 aromatic carbocycles. The third kappa shape index (κ3) is 6.51. The number of hydrogen-bond donors (Lipinski definition) is 2. The molecule has 0 fully saturated rings. The molecule has 0 bridgehead atoms. The highest BCUT2D eigenvalue weighted by atomic mass is 16.5. The van der Waals surface area contributed by atoms with Crippen molar-refractivity contribution in [3.8, 4) is 17.4 Å². The number of rotatable bonds is 9. The number of methoxy groups -OCH3 is 1. The van der Waals surface area contributed by atoms with Crippen molar-refractivity contribution < 1.29 is 14.2 Å². The zero-order valence-corrected chi connectivity index (χ0v) is 16.2. The summed E-state index contributed by atoms with van der Waals surface area (Å²) in [6.45, 7) is 1.26. The second-order valence-electron chi connectivity index (χ2n) is 6.08. The summed E-state index contributed by atoms with van der Waals surface area (Å²) in [5.74, 6) is 2.28. The van der Waals surface area contributed by atoms with Crippen LogP contribution < -0.4 is 20.5 Å². The maximum absolute atomic E-state index is 6.04. The number of hydrogen-bond acceptors (Lipinski definition) is 5. The summed E-state index contributed by atoms with van der Waals surface area (Å²) in [5.41, 5.74) is 7.67. The second-order valence-corrected chi connectivity index (χ2v) is 6.08. The topological polar surface area (TPSA) is 91.0 Å². The third-order valence-corrected chi connectivity index (χ3v) is 3.88. The van der Waals surface area contributed by atoms with Crippen LogP contribution in [0.2, 0.25) is 0 Å². The van der Waals surface area contributed by atoms with Gasteiger partial charge in [-0.15, -0.1) is 0 Å². The van der Waals surface area contributed by atoms with Crippen LogP contribution in [0.25, 0.3) is 0 Å². The Morgan fingerprint density at radius 2 is 1.83 bits per heavy atom. The minimum atomic E-state index is 0.286. The van der Waals surface area contributed by atoms with E-state index in [0.717, 1.165) is 17.0 Å². The molecule has 0 amide bonds. The second kappa shape index (κ2) is 10.7. The van der Waals surface area contributed by atoms with Gasteiger partial charge in [0.1, 0.15) is 18.1 Å². The van der Waals surface area contributed by atoms with E-state index in [0.29, 0.717) is 31.4 Å². The maximum Gasteiger partial charge on any atom is 0.218 e. The molecule has 0 atom stereocenters. The Bertz CT molecular complexity index is 932. The van der Waals surface area contributed by atoms with Gasteiger partial charge in [-0.3, -0.25) is 0 Å². The Balaban J connectivity index is 1.61. The van der Waals surface area contributed by atoms with E-state index in [1.54, 1.807) is 13.3 Å². The lowest BCUT2D eigenvalue weighted by atomic mass is 10.3. The molecule has 1 heterocycles. The van der Waals surface area contributed by atoms with Crippen LogP contribution in [-0.4, -0.2) is 31.3 Å². The first-order valence-corrected chi connectivity index (χ1v) is 9.20. The zero-order chi connectivity index (χ0) is 20.3. The molecule has 0 aliphatic carbocycles. The fraction of sp³-hybridized carbons (Fsp3) is 0.182. The van der Waals surface area contributed by atoms with Crippen molar-refractivity contribution in [2.75, 3.05) is 25.6 Å². The van der Waals surface area contributed by atoms with Crippen LogP contribution in [-0.2, 0) is 11.3 Å². The van der Waals surface area contributed by atoms with E-state index < -0.39 is 0 Å². The molecular weight excluding hydrogens is 368 g/mol. The van der Waals surface area contributed by atoms with E-state index in [2.05, 4.69) is 15.3 Å². The lowest BCUT2D eigenvalue weighted by molar-refractivity contribution is 0.143. The summed E-state index contributed by atoms with van der Waals surface area (Å²) in [7, 11) is 1.62. The van der Waals surface area contributed by atoms with Crippen molar-refractivity contribution >= 4 is 11.6 Å². The zero-order valence-electron chi connectivity index (χ0n) is 16.2. The third-order valence-electron chi connectivity index (χ3n) is 3.88. The average Bonchev–Trinajstić information content (AvgIpc) is 2.74. The summed E-state index contributed by atoms with van der Waals surface area (Å²) < 4.78 is 16.4. The van der Waals surface area contributed by atoms with Crippen LogP contribution in [0.5, 0.6) is 17.4 Å². The van der Waals surface area contributed by atoms with Crippen LogP contribution in [0.1, 0.15) is 5.56 Å². The molecule has 0 spiro atoms. The van der Waals surface area contributed by atoms with Crippen molar-refractivity contribution in [2.45, 2.75) is 6.54 Å². The Kier molecular flexibility index (Phi) is 7.42. The van der Waals surface area contributed by atoms with Crippen molar-refractivity contribution in [1.82, 2.24) is 4.98 Å². The number of nitrogens with one attached hydrogen (secondary N) is 1. The molecule has 0 unspecified atom stereocenters. The van der Waals surface area contributed by atoms with Gasteiger partial charge in [-0.05, 0) is 30.3 Å². The number of para-hydroxylation sites is 1. The Labute approximate surface area is 170 Å². The van der Waals surface area contributed by atoms with Gasteiger partial charge in [0.25, 0.3) is 0 Å². The first-order valence-electron chi connectivity index (χ1n) is 9.20. The molecule has 0 radical (unpaired) electrons. The quantitative estimate of drug-likeness (QED) is 0.327. The van der Waals surface area contributed by atoms with Crippen molar-refractivity contribution in [1.29, 1.82) is 0 Å².